The van der Waals surface area contributed by atoms with Gasteiger partial charge in [-0.1, -0.05) is 42.8 Å². The largest absolute Gasteiger partial charge is 0.369 e. The molecule has 0 spiro atoms. The molecular formula is C22H22ClN3OS. The number of hydrogen-bond donors (Lipinski definition) is 2. The van der Waals surface area contributed by atoms with Crippen LogP contribution in [0, 0.1) is 0 Å². The second-order valence-corrected chi connectivity index (χ2v) is 8.19. The molecule has 0 saturated carbocycles. The summed E-state index contributed by atoms with van der Waals surface area (Å²) >= 11 is 7.93. The standard InChI is InChI=1S/C22H22ClN3OS/c1-2-11-24-12-6-13-25-22-21-18(14-7-3-4-10-17(14)26-22)19(27)15-8-5-9-16(23)20(15)28-21/h3-5,7-10,24H,2,6,11-13H2,1H3,(H,25,26). The molecule has 4 nitrogen and oxygen atoms in total. The Bertz CT molecular complexity index is 1210. The molecule has 0 amide bonds. The summed E-state index contributed by atoms with van der Waals surface area (Å²) in [7, 11) is 0. The van der Waals surface area contributed by atoms with E-state index in [-0.39, 0.29) is 5.43 Å². The fraction of sp³-hybridized carbons (Fsp3) is 0.273. The van der Waals surface area contributed by atoms with Gasteiger partial charge in [0.1, 0.15) is 5.82 Å². The lowest BCUT2D eigenvalue weighted by molar-refractivity contribution is 0.651. The Hall–Kier alpha value is -2.21. The van der Waals surface area contributed by atoms with Crippen molar-refractivity contribution in [1.82, 2.24) is 10.3 Å². The fourth-order valence-corrected chi connectivity index (χ4v) is 4.84. The predicted molar refractivity (Wildman–Crippen MR) is 122 cm³/mol. The van der Waals surface area contributed by atoms with E-state index in [2.05, 4.69) is 17.6 Å². The number of halogens is 1. The molecule has 0 atom stereocenters. The highest BCUT2D eigenvalue weighted by molar-refractivity contribution is 7.25. The first-order chi connectivity index (χ1) is 13.7. The Morgan fingerprint density at radius 2 is 1.82 bits per heavy atom. The fourth-order valence-electron chi connectivity index (χ4n) is 3.39. The molecule has 0 unspecified atom stereocenters. The summed E-state index contributed by atoms with van der Waals surface area (Å²) in [6.07, 6.45) is 2.12. The van der Waals surface area contributed by atoms with Gasteiger partial charge < -0.3 is 10.6 Å². The van der Waals surface area contributed by atoms with Gasteiger partial charge in [0.25, 0.3) is 0 Å². The van der Waals surface area contributed by atoms with Gasteiger partial charge in [-0.2, -0.15) is 0 Å². The van der Waals surface area contributed by atoms with E-state index in [1.165, 1.54) is 11.3 Å². The third-order valence-corrected chi connectivity index (χ3v) is 6.41. The summed E-state index contributed by atoms with van der Waals surface area (Å²) in [6, 6.07) is 13.3. The number of pyridine rings is 1. The molecule has 0 aliphatic rings. The summed E-state index contributed by atoms with van der Waals surface area (Å²) in [5.41, 5.74) is 0.838. The minimum Gasteiger partial charge on any atom is -0.369 e. The molecule has 144 valence electrons. The number of para-hydroxylation sites is 1. The SMILES string of the molecule is CCCNCCCNc1nc2ccccc2c2c(=O)c3cccc(Cl)c3sc12. The number of nitrogens with zero attached hydrogens (tertiary/aromatic N) is 1. The minimum atomic E-state index is 0.0116. The average Bonchev–Trinajstić information content (AvgIpc) is 2.71. The Morgan fingerprint density at radius 1 is 1.00 bits per heavy atom. The maximum atomic E-state index is 13.3. The van der Waals surface area contributed by atoms with Gasteiger partial charge >= 0.3 is 0 Å². The Balaban J connectivity index is 1.84. The first-order valence-corrected chi connectivity index (χ1v) is 10.8. The molecule has 0 aliphatic carbocycles. The topological polar surface area (TPSA) is 54.0 Å². The van der Waals surface area contributed by atoms with Crippen LogP contribution in [0.4, 0.5) is 5.82 Å². The van der Waals surface area contributed by atoms with Gasteiger partial charge in [-0.05, 0) is 44.1 Å². The van der Waals surface area contributed by atoms with Crippen LogP contribution in [-0.4, -0.2) is 24.6 Å². The second-order valence-electron chi connectivity index (χ2n) is 6.76. The molecule has 0 radical (unpaired) electrons. The van der Waals surface area contributed by atoms with Gasteiger partial charge in [0.2, 0.25) is 0 Å². The molecule has 4 aromatic rings. The normalized spacial score (nSPS) is 11.5. The van der Waals surface area contributed by atoms with Crippen molar-refractivity contribution in [2.75, 3.05) is 25.0 Å². The number of benzene rings is 2. The molecule has 0 saturated heterocycles. The number of aromatic nitrogens is 1. The van der Waals surface area contributed by atoms with Crippen LogP contribution in [0.15, 0.2) is 47.3 Å². The van der Waals surface area contributed by atoms with E-state index in [4.69, 9.17) is 16.6 Å². The van der Waals surface area contributed by atoms with Gasteiger partial charge in [0.15, 0.2) is 5.43 Å². The van der Waals surface area contributed by atoms with Gasteiger partial charge in [-0.3, -0.25) is 4.79 Å². The number of nitrogens with one attached hydrogen (secondary N) is 2. The Morgan fingerprint density at radius 3 is 2.68 bits per heavy atom. The minimum absolute atomic E-state index is 0.0116. The van der Waals surface area contributed by atoms with Crippen LogP contribution in [0.3, 0.4) is 0 Å². The van der Waals surface area contributed by atoms with Crippen LogP contribution in [0.2, 0.25) is 5.02 Å². The highest BCUT2D eigenvalue weighted by atomic mass is 35.5. The van der Waals surface area contributed by atoms with E-state index in [9.17, 15) is 4.79 Å². The first-order valence-electron chi connectivity index (χ1n) is 9.59. The molecule has 0 fully saturated rings. The zero-order chi connectivity index (χ0) is 19.5. The van der Waals surface area contributed by atoms with E-state index in [0.717, 1.165) is 64.0 Å². The van der Waals surface area contributed by atoms with Crippen molar-refractivity contribution in [3.8, 4) is 0 Å². The van der Waals surface area contributed by atoms with Crippen molar-refractivity contribution in [1.29, 1.82) is 0 Å². The predicted octanol–water partition coefficient (Wildman–Crippen LogP) is 5.42. The lowest BCUT2D eigenvalue weighted by atomic mass is 10.1. The van der Waals surface area contributed by atoms with Crippen molar-refractivity contribution < 1.29 is 0 Å². The summed E-state index contributed by atoms with van der Waals surface area (Å²) in [6.45, 7) is 4.94. The third-order valence-electron chi connectivity index (χ3n) is 4.74. The van der Waals surface area contributed by atoms with E-state index < -0.39 is 0 Å². The third kappa shape index (κ3) is 3.58. The maximum absolute atomic E-state index is 13.3. The lowest BCUT2D eigenvalue weighted by Gasteiger charge is -2.12. The van der Waals surface area contributed by atoms with E-state index >= 15 is 0 Å². The van der Waals surface area contributed by atoms with Crippen LogP contribution >= 0.6 is 22.9 Å². The van der Waals surface area contributed by atoms with Crippen molar-refractivity contribution in [3.63, 3.8) is 0 Å². The Labute approximate surface area is 172 Å². The van der Waals surface area contributed by atoms with Gasteiger partial charge in [0.05, 0.1) is 25.3 Å². The van der Waals surface area contributed by atoms with Crippen molar-refractivity contribution in [2.45, 2.75) is 19.8 Å². The van der Waals surface area contributed by atoms with Crippen LogP contribution in [0.1, 0.15) is 19.8 Å². The van der Waals surface area contributed by atoms with E-state index in [1.54, 1.807) is 0 Å². The molecule has 2 heterocycles. The van der Waals surface area contributed by atoms with Crippen molar-refractivity contribution >= 4 is 59.8 Å². The highest BCUT2D eigenvalue weighted by Crippen LogP contribution is 2.36. The van der Waals surface area contributed by atoms with Gasteiger partial charge in [-0.15, -0.1) is 11.3 Å². The van der Waals surface area contributed by atoms with Crippen LogP contribution in [-0.2, 0) is 0 Å². The maximum Gasteiger partial charge on any atom is 0.196 e. The molecule has 0 aliphatic heterocycles. The summed E-state index contributed by atoms with van der Waals surface area (Å²) in [5, 5.41) is 9.72. The molecule has 2 aromatic heterocycles. The van der Waals surface area contributed by atoms with Gasteiger partial charge in [0, 0.05) is 17.3 Å². The van der Waals surface area contributed by atoms with Crippen LogP contribution < -0.4 is 16.1 Å². The number of anilines is 1. The van der Waals surface area contributed by atoms with E-state index in [0.29, 0.717) is 10.4 Å². The second kappa shape index (κ2) is 8.43. The highest BCUT2D eigenvalue weighted by Gasteiger charge is 2.15. The summed E-state index contributed by atoms with van der Waals surface area (Å²) < 4.78 is 1.68. The quantitative estimate of drug-likeness (QED) is 0.242. The average molecular weight is 412 g/mol. The van der Waals surface area contributed by atoms with E-state index in [1.807, 2.05) is 42.5 Å². The molecule has 28 heavy (non-hydrogen) atoms. The lowest BCUT2D eigenvalue weighted by Crippen LogP contribution is -2.19. The molecule has 2 aromatic carbocycles. The smallest absolute Gasteiger partial charge is 0.196 e. The molecular weight excluding hydrogens is 390 g/mol. The zero-order valence-electron chi connectivity index (χ0n) is 15.7. The van der Waals surface area contributed by atoms with Crippen molar-refractivity contribution in [3.05, 3.63) is 57.7 Å². The number of hydrogen-bond acceptors (Lipinski definition) is 5. The summed E-state index contributed by atoms with van der Waals surface area (Å²) in [4.78, 5) is 18.1. The summed E-state index contributed by atoms with van der Waals surface area (Å²) in [5.74, 6) is 0.758. The molecule has 0 bridgehead atoms. The van der Waals surface area contributed by atoms with Crippen LogP contribution in [0.25, 0.3) is 31.1 Å². The zero-order valence-corrected chi connectivity index (χ0v) is 17.3. The van der Waals surface area contributed by atoms with Crippen molar-refractivity contribution in [2.24, 2.45) is 0 Å². The molecule has 4 rings (SSSR count). The molecule has 2 N–H and O–H groups in total. The monoisotopic (exact) mass is 411 g/mol. The Kier molecular flexibility index (Phi) is 5.76. The van der Waals surface area contributed by atoms with Crippen LogP contribution in [0.5, 0.6) is 0 Å². The first kappa shape index (κ1) is 19.1. The number of rotatable bonds is 7. The number of fused-ring (bicyclic) bond motifs is 4. The van der Waals surface area contributed by atoms with Gasteiger partial charge in [-0.25, -0.2) is 4.98 Å². The molecule has 6 heteroatoms.